The van der Waals surface area contributed by atoms with E-state index in [1.54, 1.807) is 0 Å². The largest absolute Gasteiger partial charge is 0.481 e. The van der Waals surface area contributed by atoms with Crippen molar-refractivity contribution in [2.45, 2.75) is 25.4 Å². The molecular weight excluding hydrogens is 562 g/mol. The van der Waals surface area contributed by atoms with Crippen molar-refractivity contribution in [2.24, 2.45) is 13.0 Å². The molecule has 0 aliphatic carbocycles. The molecule has 208 valence electrons. The quantitative estimate of drug-likeness (QED) is 0.360. The third kappa shape index (κ3) is 5.17. The normalized spacial score (nSPS) is 16.9. The van der Waals surface area contributed by atoms with Gasteiger partial charge in [-0.15, -0.1) is 0 Å². The Morgan fingerprint density at radius 1 is 1.05 bits per heavy atom. The lowest BCUT2D eigenvalue weighted by molar-refractivity contribution is -0.150. The lowest BCUT2D eigenvalue weighted by Gasteiger charge is -2.37. The second-order valence-corrected chi connectivity index (χ2v) is 9.08. The Morgan fingerprint density at radius 2 is 1.72 bits per heavy atom. The molecule has 1 unspecified atom stereocenters. The number of rotatable bonds is 5. The summed E-state index contributed by atoms with van der Waals surface area (Å²) in [6.07, 6.45) is -9.62. The molecular formula is C23H17ClF6N4O5. The van der Waals surface area contributed by atoms with E-state index >= 15 is 0 Å². The van der Waals surface area contributed by atoms with Crippen LogP contribution in [0.2, 0.25) is 5.02 Å². The Morgan fingerprint density at radius 3 is 2.31 bits per heavy atom. The molecule has 16 heteroatoms. The van der Waals surface area contributed by atoms with Crippen molar-refractivity contribution in [1.29, 1.82) is 0 Å². The van der Waals surface area contributed by atoms with E-state index in [9.17, 15) is 50.6 Å². The van der Waals surface area contributed by atoms with Crippen molar-refractivity contribution >= 4 is 46.2 Å². The van der Waals surface area contributed by atoms with Crippen LogP contribution in [-0.2, 0) is 35.9 Å². The van der Waals surface area contributed by atoms with Crippen LogP contribution in [0.15, 0.2) is 41.2 Å². The lowest BCUT2D eigenvalue weighted by Crippen LogP contribution is -2.58. The first-order valence-corrected chi connectivity index (χ1v) is 11.4. The fraction of sp³-hybridized carbons (Fsp3) is 0.304. The van der Waals surface area contributed by atoms with Crippen molar-refractivity contribution in [3.63, 3.8) is 0 Å². The van der Waals surface area contributed by atoms with E-state index < -0.39 is 72.1 Å². The van der Waals surface area contributed by atoms with Gasteiger partial charge in [0.15, 0.2) is 5.92 Å². The summed E-state index contributed by atoms with van der Waals surface area (Å²) in [6.45, 7) is -3.17. The van der Waals surface area contributed by atoms with Crippen molar-refractivity contribution in [3.8, 4) is 0 Å². The Labute approximate surface area is 219 Å². The fourth-order valence-corrected chi connectivity index (χ4v) is 4.59. The predicted molar refractivity (Wildman–Crippen MR) is 124 cm³/mol. The summed E-state index contributed by atoms with van der Waals surface area (Å²) in [4.78, 5) is 51.7. The van der Waals surface area contributed by atoms with Crippen LogP contribution >= 0.6 is 11.6 Å². The number of urea groups is 1. The molecule has 0 bridgehead atoms. The number of carbonyl (C=O) groups excluding carboxylic acids is 2. The molecule has 3 aromatic rings. The Bertz CT molecular complexity index is 1560. The highest BCUT2D eigenvalue weighted by molar-refractivity contribution is 6.32. The third-order valence-corrected chi connectivity index (χ3v) is 6.63. The van der Waals surface area contributed by atoms with Crippen molar-refractivity contribution in [1.82, 2.24) is 14.0 Å². The molecule has 9 nitrogen and oxygen atoms in total. The van der Waals surface area contributed by atoms with Gasteiger partial charge in [0.25, 0.3) is 0 Å². The summed E-state index contributed by atoms with van der Waals surface area (Å²) in [7, 11) is 1.24. The van der Waals surface area contributed by atoms with Gasteiger partial charge in [-0.25, -0.2) is 9.59 Å². The fourth-order valence-electron chi connectivity index (χ4n) is 4.30. The molecule has 1 atom stereocenters. The van der Waals surface area contributed by atoms with Gasteiger partial charge in [-0.2, -0.15) is 26.3 Å². The number of hydrogen-bond donors (Lipinski definition) is 1. The SMILES string of the molecule is Cn1c(=O)n(CC(F)(F)F)c2cc(N3CC(C(=O)O)C(=O)N(Cc4cccc(C(F)(F)F)c4Cl)C3=O)ccc21. The highest BCUT2D eigenvalue weighted by Gasteiger charge is 2.44. The molecule has 1 aliphatic rings. The molecule has 1 aromatic heterocycles. The van der Waals surface area contributed by atoms with Crippen LogP contribution < -0.4 is 10.6 Å². The van der Waals surface area contributed by atoms with Crippen molar-refractivity contribution in [3.05, 3.63) is 63.0 Å². The van der Waals surface area contributed by atoms with Gasteiger partial charge in [0.05, 0.1) is 28.2 Å². The van der Waals surface area contributed by atoms with Gasteiger partial charge in [-0.05, 0) is 29.8 Å². The average molecular weight is 579 g/mol. The highest BCUT2D eigenvalue weighted by atomic mass is 35.5. The first-order valence-electron chi connectivity index (χ1n) is 11.0. The zero-order valence-corrected chi connectivity index (χ0v) is 20.4. The molecule has 0 saturated carbocycles. The lowest BCUT2D eigenvalue weighted by atomic mass is 10.0. The topological polar surface area (TPSA) is 105 Å². The smallest absolute Gasteiger partial charge is 0.417 e. The first-order chi connectivity index (χ1) is 18.0. The number of carboxylic acids is 1. The van der Waals surface area contributed by atoms with Crippen LogP contribution in [0, 0.1) is 5.92 Å². The predicted octanol–water partition coefficient (Wildman–Crippen LogP) is 4.24. The number of amides is 3. The Kier molecular flexibility index (Phi) is 6.91. The number of carboxylic acid groups (broad SMARTS) is 1. The molecule has 0 radical (unpaired) electrons. The number of alkyl halides is 6. The van der Waals surface area contributed by atoms with E-state index in [-0.39, 0.29) is 22.3 Å². The number of aryl methyl sites for hydroxylation is 1. The van der Waals surface area contributed by atoms with E-state index in [0.29, 0.717) is 15.5 Å². The number of anilines is 1. The number of hydrogen-bond acceptors (Lipinski definition) is 4. The minimum absolute atomic E-state index is 0.0796. The summed E-state index contributed by atoms with van der Waals surface area (Å²) in [5.74, 6) is -4.71. The number of aromatic nitrogens is 2. The van der Waals surface area contributed by atoms with E-state index in [2.05, 4.69) is 0 Å². The van der Waals surface area contributed by atoms with Crippen LogP contribution in [0.5, 0.6) is 0 Å². The van der Waals surface area contributed by atoms with Crippen molar-refractivity contribution in [2.75, 3.05) is 11.4 Å². The van der Waals surface area contributed by atoms with Gasteiger partial charge in [0.2, 0.25) is 5.91 Å². The molecule has 2 heterocycles. The maximum absolute atomic E-state index is 13.3. The number of carbonyl (C=O) groups is 3. The molecule has 0 spiro atoms. The van der Waals surface area contributed by atoms with Gasteiger partial charge in [-0.3, -0.25) is 28.5 Å². The van der Waals surface area contributed by atoms with Crippen LogP contribution in [0.1, 0.15) is 11.1 Å². The van der Waals surface area contributed by atoms with Gasteiger partial charge in [0, 0.05) is 19.3 Å². The van der Waals surface area contributed by atoms with Crippen LogP contribution in [0.25, 0.3) is 11.0 Å². The van der Waals surface area contributed by atoms with Crippen LogP contribution in [0.4, 0.5) is 36.8 Å². The van der Waals surface area contributed by atoms with Gasteiger partial charge < -0.3 is 5.11 Å². The number of imide groups is 1. The minimum Gasteiger partial charge on any atom is -0.481 e. The van der Waals surface area contributed by atoms with Crippen molar-refractivity contribution < 1.29 is 45.8 Å². The second kappa shape index (κ2) is 9.63. The monoisotopic (exact) mass is 578 g/mol. The van der Waals surface area contributed by atoms with E-state index in [1.165, 1.54) is 19.2 Å². The molecule has 1 saturated heterocycles. The van der Waals surface area contributed by atoms with Gasteiger partial charge >= 0.3 is 30.0 Å². The number of fused-ring (bicyclic) bond motifs is 1. The minimum atomic E-state index is -4.85. The highest BCUT2D eigenvalue weighted by Crippen LogP contribution is 2.37. The maximum atomic E-state index is 13.3. The zero-order valence-electron chi connectivity index (χ0n) is 19.7. The second-order valence-electron chi connectivity index (χ2n) is 8.70. The number of aliphatic carboxylic acids is 1. The first kappa shape index (κ1) is 28.0. The average Bonchev–Trinajstić information content (AvgIpc) is 3.05. The summed E-state index contributed by atoms with van der Waals surface area (Å²) >= 11 is 5.89. The molecule has 3 amide bonds. The van der Waals surface area contributed by atoms with Crippen LogP contribution in [-0.4, -0.2) is 49.8 Å². The van der Waals surface area contributed by atoms with Gasteiger partial charge in [0.1, 0.15) is 6.54 Å². The van der Waals surface area contributed by atoms with Gasteiger partial charge in [-0.1, -0.05) is 23.7 Å². The zero-order chi connectivity index (χ0) is 29.0. The number of benzene rings is 2. The Balaban J connectivity index is 1.79. The molecule has 1 fully saturated rings. The number of nitrogens with zero attached hydrogens (tertiary/aromatic N) is 4. The van der Waals surface area contributed by atoms with Crippen LogP contribution in [0.3, 0.4) is 0 Å². The summed E-state index contributed by atoms with van der Waals surface area (Å²) in [5.41, 5.74) is -2.81. The number of halogens is 7. The molecule has 39 heavy (non-hydrogen) atoms. The number of imidazole rings is 1. The summed E-state index contributed by atoms with van der Waals surface area (Å²) in [6, 6.07) is 5.20. The van der Waals surface area contributed by atoms with E-state index in [4.69, 9.17) is 11.6 Å². The summed E-state index contributed by atoms with van der Waals surface area (Å²) < 4.78 is 80.6. The maximum Gasteiger partial charge on any atom is 0.417 e. The van der Waals surface area contributed by atoms with E-state index in [1.807, 2.05) is 0 Å². The third-order valence-electron chi connectivity index (χ3n) is 6.18. The molecule has 1 N–H and O–H groups in total. The standard InChI is InChI=1S/C23H17ClF6N4O5/c1-31-15-6-5-12(7-16(15)34(20(31)38)10-22(25,26)27)32-9-13(19(36)37)18(35)33(21(32)39)8-11-3-2-4-14(17(11)24)23(28,29)30/h2-7,13H,8-10H2,1H3,(H,36,37). The summed E-state index contributed by atoms with van der Waals surface area (Å²) in [5, 5.41) is 8.80. The van der Waals surface area contributed by atoms with E-state index in [0.717, 1.165) is 27.7 Å². The molecule has 4 rings (SSSR count). The Hall–Kier alpha value is -4.01. The molecule has 1 aliphatic heterocycles. The molecule has 2 aromatic carbocycles.